The maximum Gasteiger partial charge on any atom is 0.222 e. The van der Waals surface area contributed by atoms with Gasteiger partial charge in [0, 0.05) is 19.5 Å². The van der Waals surface area contributed by atoms with Crippen molar-refractivity contribution in [2.75, 3.05) is 25.9 Å². The lowest BCUT2D eigenvalue weighted by Crippen LogP contribution is -2.39. The quantitative estimate of drug-likeness (QED) is 0.560. The number of carbonyl (C=O) groups excluding carboxylic acids is 1. The fourth-order valence-electron chi connectivity index (χ4n) is 2.52. The number of piperidine rings is 1. The number of benzene rings is 1. The molecule has 0 saturated carbocycles. The Morgan fingerprint density at radius 1 is 1.47 bits per heavy atom. The van der Waals surface area contributed by atoms with E-state index in [-0.39, 0.29) is 17.6 Å². The maximum atomic E-state index is 11.5. The highest BCUT2D eigenvalue weighted by atomic mass is 16.3. The van der Waals surface area contributed by atoms with Gasteiger partial charge in [0.25, 0.3) is 0 Å². The molecule has 1 aromatic carbocycles. The number of phenols is 1. The SMILES string of the molecule is CNC(=O)C1CCN(Cc2ccc(O)c(N)c2)CC1. The molecule has 5 heteroatoms. The average Bonchev–Trinajstić information content (AvgIpc) is 2.43. The van der Waals surface area contributed by atoms with Gasteiger partial charge in [-0.1, -0.05) is 6.07 Å². The lowest BCUT2D eigenvalue weighted by Gasteiger charge is -2.31. The van der Waals surface area contributed by atoms with Crippen LogP contribution in [0.2, 0.25) is 0 Å². The number of carbonyl (C=O) groups is 1. The highest BCUT2D eigenvalue weighted by molar-refractivity contribution is 5.78. The van der Waals surface area contributed by atoms with Crippen molar-refractivity contribution in [2.45, 2.75) is 19.4 Å². The van der Waals surface area contributed by atoms with E-state index in [1.807, 2.05) is 6.07 Å². The fraction of sp³-hybridized carbons (Fsp3) is 0.500. The molecule has 1 saturated heterocycles. The lowest BCUT2D eigenvalue weighted by molar-refractivity contribution is -0.125. The number of phenolic OH excluding ortho intramolecular Hbond substituents is 1. The second-order valence-corrected chi connectivity index (χ2v) is 5.06. The van der Waals surface area contributed by atoms with Crippen LogP contribution in [0.25, 0.3) is 0 Å². The van der Waals surface area contributed by atoms with Gasteiger partial charge in [-0.2, -0.15) is 0 Å². The van der Waals surface area contributed by atoms with Gasteiger partial charge in [-0.05, 0) is 43.6 Å². The molecule has 0 unspecified atom stereocenters. The summed E-state index contributed by atoms with van der Waals surface area (Å²) in [4.78, 5) is 13.9. The Kier molecular flexibility index (Phi) is 4.27. The molecule has 0 spiro atoms. The highest BCUT2D eigenvalue weighted by Crippen LogP contribution is 2.23. The van der Waals surface area contributed by atoms with Crippen molar-refractivity contribution >= 4 is 11.6 Å². The molecule has 0 aliphatic carbocycles. The van der Waals surface area contributed by atoms with Gasteiger partial charge in [-0.25, -0.2) is 0 Å². The summed E-state index contributed by atoms with van der Waals surface area (Å²) in [5, 5.41) is 12.1. The standard InChI is InChI=1S/C14H21N3O2/c1-16-14(19)11-4-6-17(7-5-11)9-10-2-3-13(18)12(15)8-10/h2-3,8,11,18H,4-7,9,15H2,1H3,(H,16,19). The number of amides is 1. The van der Waals surface area contributed by atoms with Crippen LogP contribution in [-0.2, 0) is 11.3 Å². The Balaban J connectivity index is 1.88. The molecule has 1 fully saturated rings. The monoisotopic (exact) mass is 263 g/mol. The molecule has 1 amide bonds. The van der Waals surface area contributed by atoms with Crippen molar-refractivity contribution in [1.82, 2.24) is 10.2 Å². The molecule has 104 valence electrons. The summed E-state index contributed by atoms with van der Waals surface area (Å²) in [6, 6.07) is 5.32. The molecular formula is C14H21N3O2. The van der Waals surface area contributed by atoms with E-state index < -0.39 is 0 Å². The molecule has 19 heavy (non-hydrogen) atoms. The van der Waals surface area contributed by atoms with Crippen LogP contribution in [0.3, 0.4) is 0 Å². The van der Waals surface area contributed by atoms with E-state index in [0.717, 1.165) is 38.0 Å². The van der Waals surface area contributed by atoms with Crippen LogP contribution in [0, 0.1) is 5.92 Å². The van der Waals surface area contributed by atoms with Gasteiger partial charge in [-0.3, -0.25) is 9.69 Å². The highest BCUT2D eigenvalue weighted by Gasteiger charge is 2.24. The number of hydrogen-bond donors (Lipinski definition) is 3. The minimum absolute atomic E-state index is 0.127. The third kappa shape index (κ3) is 3.38. The molecular weight excluding hydrogens is 242 g/mol. The number of anilines is 1. The third-order valence-corrected chi connectivity index (χ3v) is 3.70. The first-order valence-electron chi connectivity index (χ1n) is 6.61. The smallest absolute Gasteiger partial charge is 0.222 e. The van der Waals surface area contributed by atoms with E-state index in [2.05, 4.69) is 10.2 Å². The predicted molar refractivity (Wildman–Crippen MR) is 74.6 cm³/mol. The largest absolute Gasteiger partial charge is 0.506 e. The maximum absolute atomic E-state index is 11.5. The van der Waals surface area contributed by atoms with Crippen LogP contribution < -0.4 is 11.1 Å². The topological polar surface area (TPSA) is 78.6 Å². The number of aromatic hydroxyl groups is 1. The number of nitrogens with zero attached hydrogens (tertiary/aromatic N) is 1. The van der Waals surface area contributed by atoms with Gasteiger partial charge in [0.05, 0.1) is 5.69 Å². The van der Waals surface area contributed by atoms with Gasteiger partial charge in [0.1, 0.15) is 5.75 Å². The Labute approximate surface area is 113 Å². The molecule has 1 aromatic rings. The first-order chi connectivity index (χ1) is 9.10. The number of likely N-dealkylation sites (tertiary alicyclic amines) is 1. The third-order valence-electron chi connectivity index (χ3n) is 3.70. The second-order valence-electron chi connectivity index (χ2n) is 5.06. The van der Waals surface area contributed by atoms with Gasteiger partial charge < -0.3 is 16.2 Å². The molecule has 0 radical (unpaired) electrons. The van der Waals surface area contributed by atoms with E-state index in [1.165, 1.54) is 0 Å². The Bertz CT molecular complexity index is 454. The zero-order valence-electron chi connectivity index (χ0n) is 11.2. The van der Waals surface area contributed by atoms with Crippen molar-refractivity contribution in [2.24, 2.45) is 5.92 Å². The van der Waals surface area contributed by atoms with Crippen molar-refractivity contribution in [3.8, 4) is 5.75 Å². The molecule has 0 aromatic heterocycles. The van der Waals surface area contributed by atoms with Gasteiger partial charge in [-0.15, -0.1) is 0 Å². The van der Waals surface area contributed by atoms with Crippen LogP contribution in [-0.4, -0.2) is 36.1 Å². The number of nitrogen functional groups attached to an aromatic ring is 1. The van der Waals surface area contributed by atoms with Gasteiger partial charge >= 0.3 is 0 Å². The zero-order valence-corrected chi connectivity index (χ0v) is 11.2. The Hall–Kier alpha value is -1.75. The van der Waals surface area contributed by atoms with Gasteiger partial charge in [0.2, 0.25) is 5.91 Å². The summed E-state index contributed by atoms with van der Waals surface area (Å²) >= 11 is 0. The molecule has 1 aliphatic heterocycles. The Morgan fingerprint density at radius 3 is 2.74 bits per heavy atom. The molecule has 5 nitrogen and oxygen atoms in total. The summed E-state index contributed by atoms with van der Waals surface area (Å²) in [7, 11) is 1.69. The van der Waals surface area contributed by atoms with E-state index >= 15 is 0 Å². The fourth-order valence-corrected chi connectivity index (χ4v) is 2.52. The van der Waals surface area contributed by atoms with Crippen molar-refractivity contribution in [1.29, 1.82) is 0 Å². The number of rotatable bonds is 3. The predicted octanol–water partition coefficient (Wildman–Crippen LogP) is 0.932. The number of nitrogens with one attached hydrogen (secondary N) is 1. The minimum Gasteiger partial charge on any atom is -0.506 e. The molecule has 2 rings (SSSR count). The van der Waals surface area contributed by atoms with Crippen molar-refractivity contribution in [3.05, 3.63) is 23.8 Å². The summed E-state index contributed by atoms with van der Waals surface area (Å²) in [6.07, 6.45) is 1.79. The molecule has 0 bridgehead atoms. The summed E-state index contributed by atoms with van der Waals surface area (Å²) in [6.45, 7) is 2.64. The zero-order chi connectivity index (χ0) is 13.8. The van der Waals surface area contributed by atoms with E-state index in [9.17, 15) is 9.90 Å². The molecule has 4 N–H and O–H groups in total. The van der Waals surface area contributed by atoms with E-state index in [4.69, 9.17) is 5.73 Å². The van der Waals surface area contributed by atoms with E-state index in [0.29, 0.717) is 5.69 Å². The summed E-state index contributed by atoms with van der Waals surface area (Å²) in [5.74, 6) is 0.418. The normalized spacial score (nSPS) is 17.3. The average molecular weight is 263 g/mol. The van der Waals surface area contributed by atoms with Crippen LogP contribution in [0.15, 0.2) is 18.2 Å². The lowest BCUT2D eigenvalue weighted by atomic mass is 9.95. The molecule has 0 atom stereocenters. The first kappa shape index (κ1) is 13.7. The van der Waals surface area contributed by atoms with E-state index in [1.54, 1.807) is 19.2 Å². The van der Waals surface area contributed by atoms with Crippen LogP contribution in [0.1, 0.15) is 18.4 Å². The number of nitrogens with two attached hydrogens (primary N) is 1. The second kappa shape index (κ2) is 5.93. The minimum atomic E-state index is 0.127. The number of hydrogen-bond acceptors (Lipinski definition) is 4. The Morgan fingerprint density at radius 2 is 2.16 bits per heavy atom. The van der Waals surface area contributed by atoms with Crippen molar-refractivity contribution in [3.63, 3.8) is 0 Å². The summed E-state index contributed by atoms with van der Waals surface area (Å²) < 4.78 is 0. The molecule has 1 heterocycles. The van der Waals surface area contributed by atoms with Crippen LogP contribution in [0.4, 0.5) is 5.69 Å². The van der Waals surface area contributed by atoms with Crippen LogP contribution >= 0.6 is 0 Å². The van der Waals surface area contributed by atoms with Crippen molar-refractivity contribution < 1.29 is 9.90 Å². The first-order valence-corrected chi connectivity index (χ1v) is 6.61. The molecule has 1 aliphatic rings. The van der Waals surface area contributed by atoms with Crippen LogP contribution in [0.5, 0.6) is 5.75 Å². The van der Waals surface area contributed by atoms with Gasteiger partial charge in [0.15, 0.2) is 0 Å². The summed E-state index contributed by atoms with van der Waals surface area (Å²) in [5.41, 5.74) is 7.19.